The predicted octanol–water partition coefficient (Wildman–Crippen LogP) is -7.56. The molecule has 0 saturated carbocycles. The average Bonchev–Trinajstić information content (AvgIpc) is 1.72. The third kappa shape index (κ3) is 17.1. The molecule has 5 aromatic rings. The largest absolute Gasteiger partial charge is 0.369 e. The molecule has 5 aromatic heterocycles. The van der Waals surface area contributed by atoms with Crippen LogP contribution in [-0.4, -0.2) is 236 Å². The third-order valence-corrected chi connectivity index (χ3v) is 19.7. The number of nitrogens with one attached hydrogen (secondary N) is 10. The van der Waals surface area contributed by atoms with Crippen LogP contribution in [0.25, 0.3) is 0 Å². The smallest absolute Gasteiger partial charge is 0.328 e. The van der Waals surface area contributed by atoms with Gasteiger partial charge in [0.05, 0.1) is 62.9 Å². The molecule has 5 saturated heterocycles. The van der Waals surface area contributed by atoms with E-state index in [1.165, 1.54) is 60.7 Å². The van der Waals surface area contributed by atoms with Crippen molar-refractivity contribution in [3.05, 3.63) is 163 Å². The first-order valence-corrected chi connectivity index (χ1v) is 32.9. The highest BCUT2D eigenvalue weighted by atomic mass is 16.2. The monoisotopic (exact) mass is 1380 g/mol. The lowest BCUT2D eigenvalue weighted by molar-refractivity contribution is -0.124. The molecule has 37 heteroatoms. The number of hydrogen-bond acceptors (Lipinski definition) is 21. The van der Waals surface area contributed by atoms with Crippen LogP contribution in [0.2, 0.25) is 0 Å². The zero-order chi connectivity index (χ0) is 71.4. The Hall–Kier alpha value is -9.98. The van der Waals surface area contributed by atoms with Crippen molar-refractivity contribution < 1.29 is 28.8 Å². The minimum Gasteiger partial charge on any atom is -0.369 e. The van der Waals surface area contributed by atoms with Crippen LogP contribution in [0.3, 0.4) is 0 Å². The first-order valence-electron chi connectivity index (χ1n) is 32.9. The van der Waals surface area contributed by atoms with Gasteiger partial charge in [0.2, 0.25) is 35.4 Å². The van der Waals surface area contributed by atoms with Gasteiger partial charge in [-0.2, -0.15) is 0 Å². The van der Waals surface area contributed by atoms with E-state index in [2.05, 4.69) is 51.5 Å². The second-order valence-corrected chi connectivity index (χ2v) is 26.9. The summed E-state index contributed by atoms with van der Waals surface area (Å²) in [4.78, 5) is 229. The van der Waals surface area contributed by atoms with E-state index in [1.54, 1.807) is 54.2 Å². The number of likely N-dealkylation sites (tertiary alicyclic amines) is 5. The molecule has 534 valence electrons. The molecule has 99 heavy (non-hydrogen) atoms. The molecular formula is C62H85N21O16. The van der Waals surface area contributed by atoms with E-state index < -0.39 is 140 Å². The standard InChI is InChI=1S/C62H85N21O16/c1-32-17-79(58(95)69-53(32)90)43-8-39(74(22-43)27-48(63)85)13-65-50(87)29-76-24-45(81-19-34(3)55(92)71-60(81)97)10-41(76)15-67-52(89)31-78-26-47(83-21-36(5)57(94)73-62(83)99)11-42(78)16-68-51(88)30-77-25-46(82-20-35(4)56(93)72-61(82)98)9-40(77)14-66-49(86)28-75-23-44(7-38(75)12-64-37(6)84)80-18-33(2)54(91)70-59(80)96/h17-21,38-47H,7-16,22-31H2,1-6H3,(H2,63,85)(H,64,84)(H,65,87)(H,66,86)(H,67,89)(H,68,88)(H,69,90,95)(H,70,91,96)(H,71,92,97)(H,72,93,98)(H,73,94,99)/t38-,39-,40-,41-,42-,43-,44-,45-,46-,47-/m1/s1. The minimum absolute atomic E-state index is 0.00998. The van der Waals surface area contributed by atoms with Crippen LogP contribution in [0.4, 0.5) is 0 Å². The van der Waals surface area contributed by atoms with E-state index in [-0.39, 0.29) is 146 Å². The fourth-order valence-corrected chi connectivity index (χ4v) is 14.5. The lowest BCUT2D eigenvalue weighted by atomic mass is 10.1. The van der Waals surface area contributed by atoms with Gasteiger partial charge in [-0.1, -0.05) is 0 Å². The number of nitrogens with two attached hydrogens (primary N) is 1. The van der Waals surface area contributed by atoms with E-state index in [0.29, 0.717) is 24.0 Å². The van der Waals surface area contributed by atoms with Crippen LogP contribution in [0.5, 0.6) is 0 Å². The summed E-state index contributed by atoms with van der Waals surface area (Å²) in [6.45, 7) is 9.13. The maximum Gasteiger partial charge on any atom is 0.328 e. The predicted molar refractivity (Wildman–Crippen MR) is 355 cm³/mol. The summed E-state index contributed by atoms with van der Waals surface area (Å²) < 4.78 is 6.95. The summed E-state index contributed by atoms with van der Waals surface area (Å²) in [5, 5.41) is 14.7. The molecule has 12 N–H and O–H groups in total. The summed E-state index contributed by atoms with van der Waals surface area (Å²) in [5.74, 6) is -2.72. The number of aryl methyl sites for hydroxylation is 5. The van der Waals surface area contributed by atoms with Crippen LogP contribution >= 0.6 is 0 Å². The SMILES string of the molecule is CC(=O)NC[C@H]1C[C@@H](n2cc(C)c(=O)[nH]c2=O)CN1CC(=O)NC[C@H]1C[C@@H](n2cc(C)c(=O)[nH]c2=O)CN1CC(=O)NC[C@H]1C[C@@H](n2cc(C)c(=O)[nH]c2=O)CN1CC(=O)NC[C@H]1C[C@@H](n2cc(C)c(=O)[nH]c2=O)CN1CC(=O)NC[C@H]1C[C@@H](n2cc(C)c(=O)[nH]c2=O)CN1CC(N)=O. The maximum atomic E-state index is 14.3. The molecule has 10 rings (SSSR count). The average molecular weight is 1380 g/mol. The zero-order valence-corrected chi connectivity index (χ0v) is 55.9. The van der Waals surface area contributed by atoms with Crippen molar-refractivity contribution in [2.24, 2.45) is 5.73 Å². The van der Waals surface area contributed by atoms with Gasteiger partial charge < -0.3 is 32.3 Å². The Kier molecular flexibility index (Phi) is 22.1. The molecule has 0 aromatic carbocycles. The van der Waals surface area contributed by atoms with Gasteiger partial charge in [-0.05, 0) is 66.7 Å². The van der Waals surface area contributed by atoms with Crippen molar-refractivity contribution in [1.29, 1.82) is 0 Å². The van der Waals surface area contributed by atoms with Gasteiger partial charge in [-0.25, -0.2) is 24.0 Å². The normalized spacial score (nSPS) is 23.7. The number of aromatic nitrogens is 10. The van der Waals surface area contributed by atoms with Gasteiger partial charge >= 0.3 is 28.4 Å². The molecule has 37 nitrogen and oxygen atoms in total. The molecule has 6 amide bonds. The molecule has 0 radical (unpaired) electrons. The third-order valence-electron chi connectivity index (χ3n) is 19.7. The molecule has 5 aliphatic heterocycles. The Morgan fingerprint density at radius 3 is 0.727 bits per heavy atom. The molecule has 0 bridgehead atoms. The quantitative estimate of drug-likeness (QED) is 0.0259. The van der Waals surface area contributed by atoms with E-state index in [0.717, 1.165) is 0 Å². The Morgan fingerprint density at radius 2 is 0.535 bits per heavy atom. The number of aromatic amines is 5. The lowest BCUT2D eigenvalue weighted by Crippen LogP contribution is -2.50. The first kappa shape index (κ1) is 71.8. The van der Waals surface area contributed by atoms with Crippen molar-refractivity contribution >= 4 is 35.4 Å². The molecule has 5 fully saturated rings. The molecule has 0 aliphatic carbocycles. The van der Waals surface area contributed by atoms with Crippen LogP contribution < -0.4 is 88.6 Å². The highest BCUT2D eigenvalue weighted by Crippen LogP contribution is 2.31. The highest BCUT2D eigenvalue weighted by Gasteiger charge is 2.41. The summed E-state index contributed by atoms with van der Waals surface area (Å²) in [7, 11) is 0. The minimum atomic E-state index is -0.680. The number of amides is 6. The Bertz CT molecular complexity index is 4570. The number of H-pyrrole nitrogens is 5. The van der Waals surface area contributed by atoms with Crippen molar-refractivity contribution in [2.75, 3.05) is 98.2 Å². The van der Waals surface area contributed by atoms with Crippen LogP contribution in [0.15, 0.2) is 78.9 Å². The summed E-state index contributed by atoms with van der Waals surface area (Å²) in [6.07, 6.45) is 8.65. The summed E-state index contributed by atoms with van der Waals surface area (Å²) in [6, 6.07) is -5.12. The van der Waals surface area contributed by atoms with Gasteiger partial charge in [0.25, 0.3) is 27.8 Å². The summed E-state index contributed by atoms with van der Waals surface area (Å²) in [5.41, 5.74) is 1.04. The zero-order valence-electron chi connectivity index (χ0n) is 55.9. The maximum absolute atomic E-state index is 14.3. The number of primary amides is 1. The second-order valence-electron chi connectivity index (χ2n) is 26.9. The van der Waals surface area contributed by atoms with E-state index in [1.807, 2.05) is 4.90 Å². The van der Waals surface area contributed by atoms with Gasteiger partial charge in [0.1, 0.15) is 0 Å². The number of nitrogens with zero attached hydrogens (tertiary/aromatic N) is 10. The van der Waals surface area contributed by atoms with Gasteiger partial charge in [0, 0.05) is 161 Å². The van der Waals surface area contributed by atoms with Crippen LogP contribution in [0.1, 0.15) is 97.1 Å². The number of carbonyl (C=O) groups is 6. The van der Waals surface area contributed by atoms with E-state index in [9.17, 15) is 76.7 Å². The second kappa shape index (κ2) is 30.4. The Balaban J connectivity index is 0.811. The Labute approximate surface area is 562 Å². The van der Waals surface area contributed by atoms with Crippen molar-refractivity contribution in [2.45, 2.75) is 134 Å². The number of carbonyl (C=O) groups excluding carboxylic acids is 6. The fourth-order valence-electron chi connectivity index (χ4n) is 14.5. The van der Waals surface area contributed by atoms with Crippen molar-refractivity contribution in [3.8, 4) is 0 Å². The van der Waals surface area contributed by atoms with Gasteiger partial charge in [-0.3, -0.25) is 125 Å². The number of rotatable bonds is 25. The molecule has 0 unspecified atom stereocenters. The van der Waals surface area contributed by atoms with E-state index >= 15 is 0 Å². The topological polar surface area (TPSA) is 479 Å². The molecule has 0 spiro atoms. The Morgan fingerprint density at radius 1 is 0.343 bits per heavy atom. The molecular weight excluding hydrogens is 1290 g/mol. The van der Waals surface area contributed by atoms with Crippen LogP contribution in [0, 0.1) is 34.6 Å². The highest BCUT2D eigenvalue weighted by molar-refractivity contribution is 5.80. The van der Waals surface area contributed by atoms with Crippen molar-refractivity contribution in [1.82, 2.24) is 98.8 Å². The molecule has 10 heterocycles. The van der Waals surface area contributed by atoms with Gasteiger partial charge in [-0.15, -0.1) is 0 Å². The van der Waals surface area contributed by atoms with Crippen LogP contribution in [-0.2, 0) is 28.8 Å². The number of hydrogen-bond donors (Lipinski definition) is 11. The summed E-state index contributed by atoms with van der Waals surface area (Å²) >= 11 is 0. The molecule has 5 aliphatic rings. The molecule has 10 atom stereocenters. The lowest BCUT2D eigenvalue weighted by Gasteiger charge is -2.27. The van der Waals surface area contributed by atoms with Crippen molar-refractivity contribution in [3.63, 3.8) is 0 Å². The van der Waals surface area contributed by atoms with Gasteiger partial charge in [0.15, 0.2) is 0 Å². The first-order chi connectivity index (χ1) is 46.9. The fraction of sp³-hybridized carbons (Fsp3) is 0.581. The van der Waals surface area contributed by atoms with E-state index in [4.69, 9.17) is 5.73 Å².